The predicted molar refractivity (Wildman–Crippen MR) is 114 cm³/mol. The molecule has 0 radical (unpaired) electrons. The third kappa shape index (κ3) is 4.88. The largest absolute Gasteiger partial charge is 0.445 e. The van der Waals surface area contributed by atoms with Crippen molar-refractivity contribution in [3.63, 3.8) is 0 Å². The fraction of sp³-hybridized carbons (Fsp3) is 0.524. The van der Waals surface area contributed by atoms with Crippen LogP contribution in [0.25, 0.3) is 0 Å². The average Bonchev–Trinajstić information content (AvgIpc) is 2.76. The van der Waals surface area contributed by atoms with Gasteiger partial charge in [-0.3, -0.25) is 9.79 Å². The minimum Gasteiger partial charge on any atom is -0.445 e. The number of Topliss-reactive ketones (excluding diaryl/α,β-unsaturated/α-hetero) is 1. The van der Waals surface area contributed by atoms with Crippen molar-refractivity contribution in [1.82, 2.24) is 9.97 Å². The topological polar surface area (TPSA) is 90.5 Å². The number of halogens is 2. The molecule has 3 rings (SSSR count). The van der Waals surface area contributed by atoms with Crippen molar-refractivity contribution in [1.29, 1.82) is 0 Å². The summed E-state index contributed by atoms with van der Waals surface area (Å²) in [5, 5.41) is 0.497. The first-order valence-corrected chi connectivity index (χ1v) is 10.9. The van der Waals surface area contributed by atoms with E-state index in [9.17, 15) is 13.6 Å². The molecule has 1 aromatic rings. The Hall–Kier alpha value is -2.29. The number of hydrogen-bond acceptors (Lipinski definition) is 7. The minimum absolute atomic E-state index is 0.00739. The summed E-state index contributed by atoms with van der Waals surface area (Å²) in [5.41, 5.74) is 6.80. The molecule has 1 aliphatic heterocycles. The van der Waals surface area contributed by atoms with Gasteiger partial charge in [0.05, 0.1) is 17.9 Å². The molecule has 0 spiro atoms. The molecule has 6 nitrogen and oxygen atoms in total. The van der Waals surface area contributed by atoms with Gasteiger partial charge < -0.3 is 10.5 Å². The zero-order valence-corrected chi connectivity index (χ0v) is 17.8. The molecular weight excluding hydrogens is 410 g/mol. The highest BCUT2D eigenvalue weighted by Crippen LogP contribution is 2.47. The van der Waals surface area contributed by atoms with E-state index >= 15 is 0 Å². The summed E-state index contributed by atoms with van der Waals surface area (Å²) in [6.45, 7) is 0.150. The van der Waals surface area contributed by atoms with Gasteiger partial charge in [0.15, 0.2) is 11.0 Å². The van der Waals surface area contributed by atoms with Crippen LogP contribution in [0.2, 0.25) is 0 Å². The number of allylic oxidation sites excluding steroid dienone is 3. The Morgan fingerprint density at radius 3 is 2.87 bits per heavy atom. The third-order valence-electron chi connectivity index (χ3n) is 5.69. The van der Waals surface area contributed by atoms with Gasteiger partial charge in [0, 0.05) is 12.2 Å². The fourth-order valence-electron chi connectivity index (χ4n) is 4.11. The summed E-state index contributed by atoms with van der Waals surface area (Å²) in [7, 11) is 0. The highest BCUT2D eigenvalue weighted by Gasteiger charge is 2.45. The van der Waals surface area contributed by atoms with E-state index in [2.05, 4.69) is 14.7 Å². The summed E-state index contributed by atoms with van der Waals surface area (Å²) in [6, 6.07) is 0. The highest BCUT2D eigenvalue weighted by molar-refractivity contribution is 8.13. The van der Waals surface area contributed by atoms with E-state index in [0.29, 0.717) is 16.3 Å². The molecule has 2 heterocycles. The van der Waals surface area contributed by atoms with Crippen LogP contribution in [0, 0.1) is 5.92 Å². The number of aliphatic imine (C=N–C) groups is 1. The second kappa shape index (κ2) is 10.1. The van der Waals surface area contributed by atoms with Gasteiger partial charge in [-0.25, -0.2) is 18.7 Å². The second-order valence-electron chi connectivity index (χ2n) is 7.39. The molecule has 1 saturated carbocycles. The normalized spacial score (nSPS) is 24.8. The van der Waals surface area contributed by atoms with Gasteiger partial charge in [-0.15, -0.1) is 0 Å². The average molecular weight is 437 g/mol. The number of thioether (sulfide) groups is 1. The van der Waals surface area contributed by atoms with Crippen LogP contribution in [0.3, 0.4) is 0 Å². The summed E-state index contributed by atoms with van der Waals surface area (Å²) >= 11 is 1.53. The van der Waals surface area contributed by atoms with E-state index in [-0.39, 0.29) is 29.7 Å². The van der Waals surface area contributed by atoms with Gasteiger partial charge in [0.25, 0.3) is 0 Å². The maximum atomic E-state index is 14.2. The van der Waals surface area contributed by atoms with E-state index in [4.69, 9.17) is 10.7 Å². The molecule has 162 valence electrons. The van der Waals surface area contributed by atoms with Gasteiger partial charge in [0.2, 0.25) is 12.7 Å². The number of ketones is 1. The molecule has 9 heteroatoms. The molecule has 2 aliphatic rings. The van der Waals surface area contributed by atoms with Crippen LogP contribution in [0.1, 0.15) is 49.5 Å². The van der Waals surface area contributed by atoms with Gasteiger partial charge in [0.1, 0.15) is 12.4 Å². The molecule has 0 unspecified atom stereocenters. The van der Waals surface area contributed by atoms with Crippen molar-refractivity contribution < 1.29 is 18.3 Å². The Bertz CT molecular complexity index is 857. The summed E-state index contributed by atoms with van der Waals surface area (Å²) < 4.78 is 31.0. The Kier molecular flexibility index (Phi) is 7.58. The van der Waals surface area contributed by atoms with E-state index in [0.717, 1.165) is 31.4 Å². The number of fused-ring (bicyclic) bond motifs is 1. The summed E-state index contributed by atoms with van der Waals surface area (Å²) in [4.78, 5) is 25.2. The molecule has 0 bridgehead atoms. The molecule has 2 N–H and O–H groups in total. The van der Waals surface area contributed by atoms with Crippen molar-refractivity contribution in [3.8, 4) is 5.88 Å². The van der Waals surface area contributed by atoms with Crippen molar-refractivity contribution in [2.45, 2.75) is 44.6 Å². The second-order valence-corrected chi connectivity index (χ2v) is 8.43. The molecule has 0 amide bonds. The van der Waals surface area contributed by atoms with E-state index in [1.807, 2.05) is 6.92 Å². The number of amidine groups is 1. The van der Waals surface area contributed by atoms with E-state index in [1.54, 1.807) is 12.2 Å². The van der Waals surface area contributed by atoms with Gasteiger partial charge in [-0.05, 0) is 36.8 Å². The summed E-state index contributed by atoms with van der Waals surface area (Å²) in [5.74, 6) is 0.817. The number of nitrogens with two attached hydrogens (primary N) is 1. The molecular formula is C21H26F2N4O2S. The lowest BCUT2D eigenvalue weighted by atomic mass is 9.69. The van der Waals surface area contributed by atoms with Gasteiger partial charge >= 0.3 is 0 Å². The molecule has 30 heavy (non-hydrogen) atoms. The Balaban J connectivity index is 1.82. The quantitative estimate of drug-likeness (QED) is 0.485. The van der Waals surface area contributed by atoms with Crippen LogP contribution in [-0.2, 0) is 0 Å². The van der Waals surface area contributed by atoms with Crippen LogP contribution in [0.15, 0.2) is 40.7 Å². The predicted octanol–water partition coefficient (Wildman–Crippen LogP) is 4.19. The minimum atomic E-state index is -1.02. The number of ether oxygens (including phenoxy) is 1. The van der Waals surface area contributed by atoms with Crippen molar-refractivity contribution >= 4 is 22.7 Å². The Morgan fingerprint density at radius 1 is 1.37 bits per heavy atom. The lowest BCUT2D eigenvalue weighted by molar-refractivity contribution is 0.0988. The van der Waals surface area contributed by atoms with Crippen molar-refractivity contribution in [2.75, 3.05) is 19.3 Å². The molecule has 0 aromatic carbocycles. The molecule has 1 fully saturated rings. The maximum absolute atomic E-state index is 14.2. The van der Waals surface area contributed by atoms with Gasteiger partial charge in [-0.1, -0.05) is 36.8 Å². The fourth-order valence-corrected chi connectivity index (χ4v) is 5.15. The third-order valence-corrected chi connectivity index (χ3v) is 6.65. The maximum Gasteiger partial charge on any atom is 0.234 e. The number of carbonyl (C=O) groups is 1. The first-order valence-electron chi connectivity index (χ1n) is 9.96. The monoisotopic (exact) mass is 436 g/mol. The highest BCUT2D eigenvalue weighted by atomic mass is 32.2. The van der Waals surface area contributed by atoms with E-state index in [1.165, 1.54) is 24.2 Å². The molecule has 0 saturated heterocycles. The Morgan fingerprint density at radius 2 is 2.20 bits per heavy atom. The van der Waals surface area contributed by atoms with Crippen molar-refractivity contribution in [2.24, 2.45) is 16.6 Å². The standard InChI is InChI=1S/C21H26F2N4O2S/c1-2-14(8-18(28)17-10-26-19(11-25-17)29-13-23)7-16(9-22)21-6-4-3-5-15(21)12-30-20(24)27-21/h2,7,10-11,15H,3-6,8-9,12-13H2,1H3,(H2,24,27)/b14-2+,16-7+/t15-,21-/m0/s1. The number of nitrogens with zero attached hydrogens (tertiary/aromatic N) is 3. The van der Waals surface area contributed by atoms with Crippen molar-refractivity contribution in [3.05, 3.63) is 41.4 Å². The molecule has 2 atom stereocenters. The lowest BCUT2D eigenvalue weighted by Gasteiger charge is -2.45. The number of hydrogen-bond donors (Lipinski definition) is 1. The molecule has 1 aliphatic carbocycles. The zero-order chi connectivity index (χ0) is 21.6. The number of rotatable bonds is 8. The van der Waals surface area contributed by atoms with Crippen LogP contribution in [-0.4, -0.2) is 45.7 Å². The van der Waals surface area contributed by atoms with Gasteiger partial charge in [-0.2, -0.15) is 0 Å². The SMILES string of the molecule is C/C=C(\C=C(/CF)[C@]12CCCC[C@H]1CSC(N)=N2)CC(=O)c1cnc(OCF)cn1. The van der Waals surface area contributed by atoms with Crippen LogP contribution < -0.4 is 10.5 Å². The number of alkyl halides is 2. The van der Waals surface area contributed by atoms with Crippen LogP contribution in [0.4, 0.5) is 8.78 Å². The zero-order valence-electron chi connectivity index (χ0n) is 16.9. The van der Waals surface area contributed by atoms with Crippen LogP contribution in [0.5, 0.6) is 5.88 Å². The smallest absolute Gasteiger partial charge is 0.234 e. The number of aromatic nitrogens is 2. The summed E-state index contributed by atoms with van der Waals surface area (Å²) in [6.07, 6.45) is 9.90. The number of carbonyl (C=O) groups excluding carboxylic acids is 1. The van der Waals surface area contributed by atoms with E-state index < -0.39 is 19.1 Å². The Labute approximate surface area is 179 Å². The first kappa shape index (κ1) is 22.4. The lowest BCUT2D eigenvalue weighted by Crippen LogP contribution is -2.47. The molecule has 1 aromatic heterocycles. The van der Waals surface area contributed by atoms with Crippen LogP contribution >= 0.6 is 11.8 Å². The first-order chi connectivity index (χ1) is 14.5.